The molecule has 0 aliphatic heterocycles. The molecule has 0 amide bonds. The van der Waals surface area contributed by atoms with E-state index in [4.69, 9.17) is 4.42 Å². The topological polar surface area (TPSA) is 26.0 Å². The maximum Gasteiger partial charge on any atom is 0.181 e. The predicted molar refractivity (Wildman–Crippen MR) is 43.0 cm³/mol. The van der Waals surface area contributed by atoms with Crippen LogP contribution in [0.4, 0.5) is 0 Å². The fourth-order valence-corrected chi connectivity index (χ4v) is 0.932. The minimum Gasteiger partial charge on any atom is -0.443 e. The van der Waals surface area contributed by atoms with Crippen molar-refractivity contribution in [2.45, 2.75) is 0 Å². The van der Waals surface area contributed by atoms with E-state index in [1.807, 2.05) is 36.5 Å². The average molecular weight is 145 g/mol. The van der Waals surface area contributed by atoms with Crippen molar-refractivity contribution in [3.63, 3.8) is 0 Å². The summed E-state index contributed by atoms with van der Waals surface area (Å²) in [5.74, 6) is 0. The first-order valence-electron chi connectivity index (χ1n) is 3.42. The van der Waals surface area contributed by atoms with Crippen molar-refractivity contribution in [2.24, 2.45) is 0 Å². The number of hydrogen-bond donors (Lipinski definition) is 0. The van der Waals surface area contributed by atoms with Crippen LogP contribution in [-0.2, 0) is 0 Å². The fourth-order valence-electron chi connectivity index (χ4n) is 0.932. The van der Waals surface area contributed by atoms with Crippen LogP contribution >= 0.6 is 0 Å². The zero-order valence-corrected chi connectivity index (χ0v) is 5.90. The third-order valence-corrected chi connectivity index (χ3v) is 1.46. The molecule has 0 bridgehead atoms. The van der Waals surface area contributed by atoms with Crippen molar-refractivity contribution in [2.75, 3.05) is 0 Å². The van der Waals surface area contributed by atoms with Crippen LogP contribution in [0.3, 0.4) is 0 Å². The molecule has 2 rings (SSSR count). The smallest absolute Gasteiger partial charge is 0.181 e. The standard InChI is InChI=1S/C9H7NO/c1-2-4-6-9-8(5-3-1)10-7-11-9/h1-7H/b2-1?,3-1-,4-2+,5-3?,6-4?,8-5+,9-6-. The molecule has 1 aliphatic carbocycles. The second-order valence-electron chi connectivity index (χ2n) is 2.20. The van der Waals surface area contributed by atoms with Gasteiger partial charge in [0.05, 0.1) is 0 Å². The van der Waals surface area contributed by atoms with Gasteiger partial charge in [0, 0.05) is 0 Å². The zero-order chi connectivity index (χ0) is 7.52. The Morgan fingerprint density at radius 2 is 1.82 bits per heavy atom. The molecule has 1 aromatic heterocycles. The van der Waals surface area contributed by atoms with Gasteiger partial charge < -0.3 is 4.42 Å². The second kappa shape index (κ2) is 2.58. The monoisotopic (exact) mass is 145 g/mol. The first-order chi connectivity index (χ1) is 5.47. The third-order valence-electron chi connectivity index (χ3n) is 1.46. The summed E-state index contributed by atoms with van der Waals surface area (Å²) in [5.41, 5.74) is 0.811. The molecule has 54 valence electrons. The van der Waals surface area contributed by atoms with Crippen molar-refractivity contribution >= 4 is 12.2 Å². The molecular formula is C9H7NO. The van der Waals surface area contributed by atoms with Crippen LogP contribution in [0.2, 0.25) is 0 Å². The maximum absolute atomic E-state index is 5.11. The van der Waals surface area contributed by atoms with E-state index in [0.717, 1.165) is 10.8 Å². The molecule has 0 fully saturated rings. The van der Waals surface area contributed by atoms with E-state index < -0.39 is 0 Å². The summed E-state index contributed by atoms with van der Waals surface area (Å²) >= 11 is 0. The molecule has 0 saturated carbocycles. The van der Waals surface area contributed by atoms with E-state index in [2.05, 4.69) is 4.98 Å². The number of nitrogens with zero attached hydrogens (tertiary/aromatic N) is 1. The zero-order valence-electron chi connectivity index (χ0n) is 5.90. The molecular weight excluding hydrogens is 138 g/mol. The highest BCUT2D eigenvalue weighted by Gasteiger charge is 1.87. The highest BCUT2D eigenvalue weighted by Crippen LogP contribution is 1.82. The minimum absolute atomic E-state index is 0.811. The van der Waals surface area contributed by atoms with Gasteiger partial charge in [0.1, 0.15) is 5.35 Å². The van der Waals surface area contributed by atoms with Crippen LogP contribution < -0.4 is 10.8 Å². The Morgan fingerprint density at radius 1 is 1.00 bits per heavy atom. The molecule has 0 unspecified atom stereocenters. The van der Waals surface area contributed by atoms with Gasteiger partial charge in [0.2, 0.25) is 0 Å². The fraction of sp³-hybridized carbons (Fsp3) is 0. The highest BCUT2D eigenvalue weighted by atomic mass is 16.3. The summed E-state index contributed by atoms with van der Waals surface area (Å²) in [7, 11) is 0. The molecule has 1 aromatic rings. The van der Waals surface area contributed by atoms with Crippen LogP contribution in [0.15, 0.2) is 35.1 Å². The molecule has 2 heteroatoms. The molecule has 0 N–H and O–H groups in total. The van der Waals surface area contributed by atoms with Gasteiger partial charge in [0.25, 0.3) is 0 Å². The van der Waals surface area contributed by atoms with Gasteiger partial charge in [-0.05, 0) is 12.2 Å². The lowest BCUT2D eigenvalue weighted by Gasteiger charge is -1.78. The Labute approximate surface area is 63.9 Å². The summed E-state index contributed by atoms with van der Waals surface area (Å²) in [5, 5.41) is 0.880. The predicted octanol–water partition coefficient (Wildman–Crippen LogP) is 0.362. The number of fused-ring (bicyclic) bond motifs is 1. The highest BCUT2D eigenvalue weighted by molar-refractivity contribution is 5.44. The van der Waals surface area contributed by atoms with E-state index in [-0.39, 0.29) is 0 Å². The lowest BCUT2D eigenvalue weighted by atomic mass is 10.3. The minimum atomic E-state index is 0.811. The summed E-state index contributed by atoms with van der Waals surface area (Å²) in [6.45, 7) is 0. The normalized spacial score (nSPS) is 26.2. The van der Waals surface area contributed by atoms with E-state index in [9.17, 15) is 0 Å². The number of rotatable bonds is 0. The number of aromatic nitrogens is 1. The second-order valence-corrected chi connectivity index (χ2v) is 2.20. The van der Waals surface area contributed by atoms with Crippen molar-refractivity contribution in [3.8, 4) is 0 Å². The lowest BCUT2D eigenvalue weighted by Crippen LogP contribution is -2.21. The Hall–Kier alpha value is -1.57. The Morgan fingerprint density at radius 3 is 2.73 bits per heavy atom. The number of hydrogen-bond acceptors (Lipinski definition) is 2. The molecule has 0 spiro atoms. The molecule has 1 heterocycles. The van der Waals surface area contributed by atoms with Crippen molar-refractivity contribution in [3.05, 3.63) is 41.5 Å². The molecule has 0 saturated heterocycles. The summed E-state index contributed by atoms with van der Waals surface area (Å²) in [4.78, 5) is 4.02. The first kappa shape index (κ1) is 6.16. The number of oxazole rings is 1. The third kappa shape index (κ3) is 1.15. The van der Waals surface area contributed by atoms with Crippen LogP contribution in [0.5, 0.6) is 0 Å². The van der Waals surface area contributed by atoms with Gasteiger partial charge in [-0.1, -0.05) is 24.3 Å². The maximum atomic E-state index is 5.11. The van der Waals surface area contributed by atoms with Crippen LogP contribution in [0.25, 0.3) is 12.2 Å². The SMILES string of the molecule is C1=C\C=c2\nco\c2=C/C=C/1. The Kier molecular flexibility index (Phi) is 1.44. The van der Waals surface area contributed by atoms with Gasteiger partial charge >= 0.3 is 0 Å². The molecule has 2 nitrogen and oxygen atoms in total. The van der Waals surface area contributed by atoms with Crippen molar-refractivity contribution < 1.29 is 4.42 Å². The van der Waals surface area contributed by atoms with Gasteiger partial charge in [-0.3, -0.25) is 0 Å². The van der Waals surface area contributed by atoms with E-state index in [1.54, 1.807) is 0 Å². The Balaban J connectivity index is 2.80. The summed E-state index contributed by atoms with van der Waals surface area (Å²) in [6.07, 6.45) is 13.0. The lowest BCUT2D eigenvalue weighted by molar-refractivity contribution is 0.525. The number of allylic oxidation sites excluding steroid dienone is 4. The molecule has 0 radical (unpaired) electrons. The van der Waals surface area contributed by atoms with Gasteiger partial charge in [-0.25, -0.2) is 4.98 Å². The van der Waals surface area contributed by atoms with Crippen LogP contribution in [0, 0.1) is 0 Å². The van der Waals surface area contributed by atoms with Gasteiger partial charge in [-0.15, -0.1) is 0 Å². The van der Waals surface area contributed by atoms with Crippen molar-refractivity contribution in [1.29, 1.82) is 0 Å². The largest absolute Gasteiger partial charge is 0.443 e. The quantitative estimate of drug-likeness (QED) is 0.527. The molecule has 0 atom stereocenters. The van der Waals surface area contributed by atoms with Crippen molar-refractivity contribution in [1.82, 2.24) is 4.98 Å². The first-order valence-corrected chi connectivity index (χ1v) is 3.42. The van der Waals surface area contributed by atoms with E-state index >= 15 is 0 Å². The van der Waals surface area contributed by atoms with E-state index in [0.29, 0.717) is 0 Å². The molecule has 11 heavy (non-hydrogen) atoms. The Bertz CT molecular complexity index is 371. The van der Waals surface area contributed by atoms with Crippen LogP contribution in [-0.4, -0.2) is 4.98 Å². The van der Waals surface area contributed by atoms with Gasteiger partial charge in [0.15, 0.2) is 11.8 Å². The molecule has 1 aliphatic rings. The van der Waals surface area contributed by atoms with Crippen LogP contribution in [0.1, 0.15) is 0 Å². The van der Waals surface area contributed by atoms with Gasteiger partial charge in [-0.2, -0.15) is 0 Å². The average Bonchev–Trinajstić information content (AvgIpc) is 2.35. The molecule has 0 aromatic carbocycles. The summed E-state index contributed by atoms with van der Waals surface area (Å²) in [6, 6.07) is 0. The van der Waals surface area contributed by atoms with E-state index in [1.165, 1.54) is 6.39 Å². The summed E-state index contributed by atoms with van der Waals surface area (Å²) < 4.78 is 5.11.